The van der Waals surface area contributed by atoms with E-state index in [1.807, 2.05) is 19.2 Å². The van der Waals surface area contributed by atoms with Gasteiger partial charge in [-0.05, 0) is 32.2 Å². The van der Waals surface area contributed by atoms with Crippen LogP contribution in [0.2, 0.25) is 0 Å². The smallest absolute Gasteiger partial charge is 0.338 e. The minimum atomic E-state index is -0.447. The molecule has 1 aliphatic heterocycles. The highest BCUT2D eigenvalue weighted by molar-refractivity contribution is 8.13. The monoisotopic (exact) mass is 280 g/mol. The molecule has 0 aliphatic carbocycles. The highest BCUT2D eigenvalue weighted by Crippen LogP contribution is 2.32. The van der Waals surface area contributed by atoms with Crippen molar-refractivity contribution in [3.63, 3.8) is 0 Å². The third-order valence-electron chi connectivity index (χ3n) is 2.72. The number of furan rings is 1. The number of esters is 1. The van der Waals surface area contributed by atoms with Crippen LogP contribution in [0.1, 0.15) is 25.6 Å². The number of rotatable bonds is 3. The molecule has 2 heterocycles. The summed E-state index contributed by atoms with van der Waals surface area (Å²) in [6.07, 6.45) is 3.50. The molecule has 102 valence electrons. The van der Waals surface area contributed by atoms with Gasteiger partial charge in [0.25, 0.3) is 0 Å². The SMILES string of the molecule is CCOC(=O)C1=C(C)NC(SC)=N[C@H]1c1ccco1. The molecule has 1 aromatic heterocycles. The van der Waals surface area contributed by atoms with Gasteiger partial charge < -0.3 is 14.5 Å². The predicted molar refractivity (Wildman–Crippen MR) is 74.9 cm³/mol. The number of carbonyl (C=O) groups excluding carboxylic acids is 1. The molecule has 6 heteroatoms. The van der Waals surface area contributed by atoms with Gasteiger partial charge in [0.05, 0.1) is 18.4 Å². The van der Waals surface area contributed by atoms with Crippen LogP contribution in [0.4, 0.5) is 0 Å². The van der Waals surface area contributed by atoms with E-state index in [0.717, 1.165) is 10.9 Å². The minimum Gasteiger partial charge on any atom is -0.467 e. The second kappa shape index (κ2) is 5.97. The maximum absolute atomic E-state index is 12.1. The Labute approximate surface area is 116 Å². The van der Waals surface area contributed by atoms with Crippen LogP contribution in [-0.4, -0.2) is 24.0 Å². The number of ether oxygens (including phenoxy) is 1. The fourth-order valence-corrected chi connectivity index (χ4v) is 2.34. The third kappa shape index (κ3) is 2.84. The molecule has 0 aromatic carbocycles. The molecule has 0 bridgehead atoms. The summed E-state index contributed by atoms with van der Waals surface area (Å²) in [5, 5.41) is 3.85. The molecule has 1 N–H and O–H groups in total. The summed E-state index contributed by atoms with van der Waals surface area (Å²) in [4.78, 5) is 16.6. The summed E-state index contributed by atoms with van der Waals surface area (Å²) >= 11 is 1.49. The molecule has 0 unspecified atom stereocenters. The zero-order valence-corrected chi connectivity index (χ0v) is 11.9. The normalized spacial score (nSPS) is 18.9. The van der Waals surface area contributed by atoms with Crippen LogP contribution in [-0.2, 0) is 9.53 Å². The standard InChI is InChI=1S/C13H16N2O3S/c1-4-17-12(16)10-8(2)14-13(19-3)15-11(10)9-6-5-7-18-9/h5-7,11H,4H2,1-3H3,(H,14,15)/t11-/m0/s1. The maximum Gasteiger partial charge on any atom is 0.338 e. The average molecular weight is 280 g/mol. The Morgan fingerprint density at radius 2 is 2.42 bits per heavy atom. The summed E-state index contributed by atoms with van der Waals surface area (Å²) in [6.45, 7) is 3.95. The maximum atomic E-state index is 12.1. The number of aliphatic imine (C=N–C) groups is 1. The number of carbonyl (C=O) groups is 1. The highest BCUT2D eigenvalue weighted by Gasteiger charge is 2.31. The van der Waals surface area contributed by atoms with E-state index in [9.17, 15) is 4.79 Å². The van der Waals surface area contributed by atoms with Crippen molar-refractivity contribution in [3.8, 4) is 0 Å². The van der Waals surface area contributed by atoms with Gasteiger partial charge in [0.15, 0.2) is 5.17 Å². The van der Waals surface area contributed by atoms with Crippen LogP contribution in [0.15, 0.2) is 39.1 Å². The predicted octanol–water partition coefficient (Wildman–Crippen LogP) is 2.48. The number of hydrogen-bond donors (Lipinski definition) is 1. The molecule has 1 aliphatic rings. The van der Waals surface area contributed by atoms with E-state index >= 15 is 0 Å². The first-order valence-electron chi connectivity index (χ1n) is 5.97. The lowest BCUT2D eigenvalue weighted by molar-refractivity contribution is -0.139. The minimum absolute atomic E-state index is 0.333. The Bertz CT molecular complexity index is 520. The first kappa shape index (κ1) is 13.7. The molecule has 5 nitrogen and oxygen atoms in total. The van der Waals surface area contributed by atoms with Crippen LogP contribution in [0.3, 0.4) is 0 Å². The fraction of sp³-hybridized carbons (Fsp3) is 0.385. The highest BCUT2D eigenvalue weighted by atomic mass is 32.2. The lowest BCUT2D eigenvalue weighted by Gasteiger charge is -2.23. The Kier molecular flexibility index (Phi) is 4.31. The van der Waals surface area contributed by atoms with Crippen molar-refractivity contribution in [2.75, 3.05) is 12.9 Å². The zero-order valence-electron chi connectivity index (χ0n) is 11.1. The number of nitrogens with zero attached hydrogens (tertiary/aromatic N) is 1. The van der Waals surface area contributed by atoms with Crippen LogP contribution in [0.25, 0.3) is 0 Å². The molecule has 0 saturated carbocycles. The first-order valence-corrected chi connectivity index (χ1v) is 7.20. The molecule has 1 atom stereocenters. The van der Waals surface area contributed by atoms with Gasteiger partial charge in [-0.1, -0.05) is 11.8 Å². The van der Waals surface area contributed by atoms with E-state index in [-0.39, 0.29) is 5.97 Å². The second-order valence-corrected chi connectivity index (χ2v) is 4.74. The van der Waals surface area contributed by atoms with E-state index in [1.165, 1.54) is 11.8 Å². The topological polar surface area (TPSA) is 63.8 Å². The largest absolute Gasteiger partial charge is 0.467 e. The third-order valence-corrected chi connectivity index (χ3v) is 3.31. The van der Waals surface area contributed by atoms with Crippen LogP contribution >= 0.6 is 11.8 Å². The van der Waals surface area contributed by atoms with Crippen molar-refractivity contribution in [1.29, 1.82) is 0 Å². The van der Waals surface area contributed by atoms with Crippen LogP contribution in [0.5, 0.6) is 0 Å². The summed E-state index contributed by atoms with van der Waals surface area (Å²) in [6, 6.07) is 3.14. The van der Waals surface area contributed by atoms with E-state index in [1.54, 1.807) is 19.3 Å². The van der Waals surface area contributed by atoms with Crippen molar-refractivity contribution in [3.05, 3.63) is 35.4 Å². The number of nitrogens with one attached hydrogen (secondary N) is 1. The first-order chi connectivity index (χ1) is 9.17. The van der Waals surface area contributed by atoms with E-state index < -0.39 is 6.04 Å². The quantitative estimate of drug-likeness (QED) is 0.862. The van der Waals surface area contributed by atoms with Crippen molar-refractivity contribution in [2.45, 2.75) is 19.9 Å². The van der Waals surface area contributed by atoms with E-state index in [0.29, 0.717) is 17.9 Å². The summed E-state index contributed by atoms with van der Waals surface area (Å²) < 4.78 is 10.5. The summed E-state index contributed by atoms with van der Waals surface area (Å²) in [7, 11) is 0. The van der Waals surface area contributed by atoms with Gasteiger partial charge in [0, 0.05) is 5.70 Å². The molecule has 0 saturated heterocycles. The van der Waals surface area contributed by atoms with Gasteiger partial charge in [-0.15, -0.1) is 0 Å². The summed E-state index contributed by atoms with van der Waals surface area (Å²) in [5.74, 6) is 0.272. The van der Waals surface area contributed by atoms with E-state index in [2.05, 4.69) is 10.3 Å². The number of allylic oxidation sites excluding steroid dienone is 1. The summed E-state index contributed by atoms with van der Waals surface area (Å²) in [5.41, 5.74) is 1.24. The zero-order chi connectivity index (χ0) is 13.8. The van der Waals surface area contributed by atoms with Gasteiger partial charge in [-0.25, -0.2) is 9.79 Å². The van der Waals surface area contributed by atoms with Crippen molar-refractivity contribution >= 4 is 22.9 Å². The fourth-order valence-electron chi connectivity index (χ4n) is 1.88. The lowest BCUT2D eigenvalue weighted by Crippen LogP contribution is -2.30. The molecule has 19 heavy (non-hydrogen) atoms. The second-order valence-electron chi connectivity index (χ2n) is 3.94. The Balaban J connectivity index is 2.40. The van der Waals surface area contributed by atoms with Crippen molar-refractivity contribution < 1.29 is 13.9 Å². The van der Waals surface area contributed by atoms with Gasteiger partial charge in [-0.2, -0.15) is 0 Å². The van der Waals surface area contributed by atoms with Crippen LogP contribution < -0.4 is 5.32 Å². The number of hydrogen-bond acceptors (Lipinski definition) is 6. The molecular weight excluding hydrogens is 264 g/mol. The Hall–Kier alpha value is -1.69. The van der Waals surface area contributed by atoms with Crippen LogP contribution in [0, 0.1) is 0 Å². The number of thioether (sulfide) groups is 1. The van der Waals surface area contributed by atoms with E-state index in [4.69, 9.17) is 9.15 Å². The Morgan fingerprint density at radius 3 is 3.00 bits per heavy atom. The van der Waals surface area contributed by atoms with Gasteiger partial charge in [-0.3, -0.25) is 0 Å². The molecule has 0 fully saturated rings. The van der Waals surface area contributed by atoms with Gasteiger partial charge in [0.2, 0.25) is 0 Å². The Morgan fingerprint density at radius 1 is 1.63 bits per heavy atom. The molecule has 2 rings (SSSR count). The van der Waals surface area contributed by atoms with Crippen molar-refractivity contribution in [2.24, 2.45) is 4.99 Å². The van der Waals surface area contributed by atoms with Gasteiger partial charge in [0.1, 0.15) is 11.8 Å². The van der Waals surface area contributed by atoms with Crippen molar-refractivity contribution in [1.82, 2.24) is 5.32 Å². The molecular formula is C13H16N2O3S. The molecule has 0 amide bonds. The average Bonchev–Trinajstić information content (AvgIpc) is 2.91. The molecule has 0 spiro atoms. The lowest BCUT2D eigenvalue weighted by atomic mass is 10.0. The molecule has 0 radical (unpaired) electrons. The van der Waals surface area contributed by atoms with Gasteiger partial charge >= 0.3 is 5.97 Å². The number of amidine groups is 1. The molecule has 1 aromatic rings.